The van der Waals surface area contributed by atoms with Crippen molar-refractivity contribution in [3.05, 3.63) is 64.7 Å². The summed E-state index contributed by atoms with van der Waals surface area (Å²) in [6.45, 7) is 4.01. The summed E-state index contributed by atoms with van der Waals surface area (Å²) in [5.74, 6) is -0.0529. The zero-order valence-electron chi connectivity index (χ0n) is 19.8. The molecular formula is C26H28N4O3S2. The van der Waals surface area contributed by atoms with Gasteiger partial charge in [-0.05, 0) is 61.4 Å². The van der Waals surface area contributed by atoms with Crippen LogP contribution < -0.4 is 5.32 Å². The largest absolute Gasteiger partial charge is 0.322 e. The molecule has 5 rings (SSSR count). The maximum atomic E-state index is 13.5. The highest BCUT2D eigenvalue weighted by Crippen LogP contribution is 2.33. The van der Waals surface area contributed by atoms with Crippen molar-refractivity contribution in [3.63, 3.8) is 0 Å². The van der Waals surface area contributed by atoms with Crippen molar-refractivity contribution < 1.29 is 13.2 Å². The Balaban J connectivity index is 1.55. The standard InChI is InChI=1S/C26H28N4O3S2/c1-3-4-6-18-8-10-19(11-9-18)27-26(31)21-15-22(23-7-5-13-34-23)28-25-24(21)17(2)29-30(25)20-12-14-35(32,33)16-20/h5,7-11,13,15,20H,3-4,6,12,14,16H2,1-2H3,(H,27,31). The Hall–Kier alpha value is -3.04. The number of sulfone groups is 1. The highest BCUT2D eigenvalue weighted by atomic mass is 32.2. The second kappa shape index (κ2) is 9.54. The number of thiophene rings is 1. The first-order valence-corrected chi connectivity index (χ1v) is 14.6. The summed E-state index contributed by atoms with van der Waals surface area (Å²) < 4.78 is 26.0. The molecule has 0 bridgehead atoms. The molecule has 0 aliphatic carbocycles. The van der Waals surface area contributed by atoms with Gasteiger partial charge in [0.1, 0.15) is 0 Å². The molecule has 3 aromatic heterocycles. The number of amides is 1. The van der Waals surface area contributed by atoms with Gasteiger partial charge in [0, 0.05) is 5.69 Å². The Morgan fingerprint density at radius 3 is 2.69 bits per heavy atom. The maximum absolute atomic E-state index is 13.5. The number of benzene rings is 1. The van der Waals surface area contributed by atoms with E-state index in [0.717, 1.165) is 29.8 Å². The predicted octanol–water partition coefficient (Wildman–Crippen LogP) is 5.42. The molecular weight excluding hydrogens is 480 g/mol. The molecule has 1 saturated heterocycles. The van der Waals surface area contributed by atoms with Gasteiger partial charge < -0.3 is 5.32 Å². The van der Waals surface area contributed by atoms with E-state index in [2.05, 4.69) is 17.3 Å². The lowest BCUT2D eigenvalue weighted by Gasteiger charge is -2.12. The molecule has 1 N–H and O–H groups in total. The number of hydrogen-bond acceptors (Lipinski definition) is 6. The van der Waals surface area contributed by atoms with Gasteiger partial charge in [-0.2, -0.15) is 5.10 Å². The summed E-state index contributed by atoms with van der Waals surface area (Å²) >= 11 is 1.54. The number of fused-ring (bicyclic) bond motifs is 1. The minimum atomic E-state index is -3.10. The number of anilines is 1. The molecule has 1 fully saturated rings. The fourth-order valence-corrected chi connectivity index (χ4v) is 6.98. The quantitative estimate of drug-likeness (QED) is 0.360. The van der Waals surface area contributed by atoms with E-state index in [9.17, 15) is 13.2 Å². The van der Waals surface area contributed by atoms with Crippen molar-refractivity contribution in [2.24, 2.45) is 0 Å². The smallest absolute Gasteiger partial charge is 0.256 e. The molecule has 1 unspecified atom stereocenters. The number of carbonyl (C=O) groups excluding carboxylic acids is 1. The van der Waals surface area contributed by atoms with E-state index < -0.39 is 9.84 Å². The van der Waals surface area contributed by atoms with Gasteiger partial charge in [-0.25, -0.2) is 18.1 Å². The second-order valence-electron chi connectivity index (χ2n) is 9.07. The van der Waals surface area contributed by atoms with Gasteiger partial charge in [0.15, 0.2) is 15.5 Å². The first-order chi connectivity index (χ1) is 16.8. The van der Waals surface area contributed by atoms with Gasteiger partial charge in [0.2, 0.25) is 0 Å². The molecule has 0 spiro atoms. The number of aromatic nitrogens is 3. The molecule has 4 aromatic rings. The number of hydrogen-bond donors (Lipinski definition) is 1. The van der Waals surface area contributed by atoms with Gasteiger partial charge in [-0.15, -0.1) is 11.3 Å². The average Bonchev–Trinajstić information content (AvgIpc) is 3.57. The zero-order chi connectivity index (χ0) is 24.6. The Kier molecular flexibility index (Phi) is 6.46. The summed E-state index contributed by atoms with van der Waals surface area (Å²) in [5, 5.41) is 10.3. The van der Waals surface area contributed by atoms with Crippen LogP contribution in [0.15, 0.2) is 47.8 Å². The third-order valence-corrected chi connectivity index (χ3v) is 9.08. The van der Waals surface area contributed by atoms with Crippen molar-refractivity contribution in [2.75, 3.05) is 16.8 Å². The van der Waals surface area contributed by atoms with Crippen molar-refractivity contribution in [1.29, 1.82) is 0 Å². The molecule has 1 atom stereocenters. The lowest BCUT2D eigenvalue weighted by Crippen LogP contribution is -2.15. The van der Waals surface area contributed by atoms with E-state index in [1.807, 2.05) is 54.8 Å². The van der Waals surface area contributed by atoms with Crippen molar-refractivity contribution in [2.45, 2.75) is 45.6 Å². The maximum Gasteiger partial charge on any atom is 0.256 e. The summed E-state index contributed by atoms with van der Waals surface area (Å²) in [6, 6.07) is 13.4. The number of nitrogens with one attached hydrogen (secondary N) is 1. The van der Waals surface area contributed by atoms with Crippen LogP contribution in [0.25, 0.3) is 21.6 Å². The third kappa shape index (κ3) is 4.88. The highest BCUT2D eigenvalue weighted by molar-refractivity contribution is 7.91. The normalized spacial score (nSPS) is 17.1. The number of aryl methyl sites for hydroxylation is 2. The van der Waals surface area contributed by atoms with Crippen LogP contribution >= 0.6 is 11.3 Å². The number of pyridine rings is 1. The van der Waals surface area contributed by atoms with Gasteiger partial charge in [0.25, 0.3) is 5.91 Å². The van der Waals surface area contributed by atoms with Gasteiger partial charge in [-0.1, -0.05) is 31.5 Å². The van der Waals surface area contributed by atoms with Gasteiger partial charge in [0.05, 0.1) is 44.8 Å². The molecule has 1 aliphatic rings. The second-order valence-corrected chi connectivity index (χ2v) is 12.2. The Bertz CT molecular complexity index is 1470. The molecule has 7 nitrogen and oxygen atoms in total. The van der Waals surface area contributed by atoms with E-state index >= 15 is 0 Å². The predicted molar refractivity (Wildman–Crippen MR) is 141 cm³/mol. The number of carbonyl (C=O) groups is 1. The molecule has 182 valence electrons. The highest BCUT2D eigenvalue weighted by Gasteiger charge is 2.32. The van der Waals surface area contributed by atoms with E-state index in [0.29, 0.717) is 34.4 Å². The lowest BCUT2D eigenvalue weighted by molar-refractivity contribution is 0.102. The number of nitrogens with zero attached hydrogens (tertiary/aromatic N) is 3. The van der Waals surface area contributed by atoms with E-state index in [1.54, 1.807) is 16.0 Å². The van der Waals surface area contributed by atoms with E-state index in [4.69, 9.17) is 4.98 Å². The molecule has 1 amide bonds. The van der Waals surface area contributed by atoms with Crippen molar-refractivity contribution >= 4 is 43.8 Å². The molecule has 0 radical (unpaired) electrons. The Morgan fingerprint density at radius 2 is 2.03 bits per heavy atom. The summed E-state index contributed by atoms with van der Waals surface area (Å²) in [5.41, 5.74) is 4.35. The van der Waals surface area contributed by atoms with Gasteiger partial charge >= 0.3 is 0 Å². The van der Waals surface area contributed by atoms with Gasteiger partial charge in [-0.3, -0.25) is 4.79 Å². The van der Waals surface area contributed by atoms with Crippen LogP contribution in [-0.2, 0) is 16.3 Å². The van der Waals surface area contributed by atoms with Crippen LogP contribution in [-0.4, -0.2) is 40.6 Å². The van der Waals surface area contributed by atoms with Crippen molar-refractivity contribution in [1.82, 2.24) is 14.8 Å². The zero-order valence-corrected chi connectivity index (χ0v) is 21.5. The first-order valence-electron chi connectivity index (χ1n) is 11.9. The molecule has 4 heterocycles. The monoisotopic (exact) mass is 508 g/mol. The fourth-order valence-electron chi connectivity index (χ4n) is 4.60. The Labute approximate surface area is 209 Å². The molecule has 35 heavy (non-hydrogen) atoms. The topological polar surface area (TPSA) is 93.9 Å². The van der Waals surface area contributed by atoms with Crippen LogP contribution in [0.2, 0.25) is 0 Å². The van der Waals surface area contributed by atoms with E-state index in [-0.39, 0.29) is 23.5 Å². The lowest BCUT2D eigenvalue weighted by atomic mass is 10.1. The Morgan fingerprint density at radius 1 is 1.23 bits per heavy atom. The SMILES string of the molecule is CCCCc1ccc(NC(=O)c2cc(-c3cccs3)nc3c2c(C)nn3C2CCS(=O)(=O)C2)cc1. The summed E-state index contributed by atoms with van der Waals surface area (Å²) in [7, 11) is -3.10. The van der Waals surface area contributed by atoms with Crippen LogP contribution in [0.5, 0.6) is 0 Å². The first kappa shape index (κ1) is 23.7. The third-order valence-electron chi connectivity index (χ3n) is 6.44. The number of unbranched alkanes of at least 4 members (excludes halogenated alkanes) is 1. The van der Waals surface area contributed by atoms with Crippen LogP contribution in [0.3, 0.4) is 0 Å². The molecule has 1 aromatic carbocycles. The summed E-state index contributed by atoms with van der Waals surface area (Å²) in [6.07, 6.45) is 3.80. The number of rotatable bonds is 7. The van der Waals surface area contributed by atoms with Crippen LogP contribution in [0, 0.1) is 6.92 Å². The van der Waals surface area contributed by atoms with Crippen molar-refractivity contribution in [3.8, 4) is 10.6 Å². The average molecular weight is 509 g/mol. The van der Waals surface area contributed by atoms with E-state index in [1.165, 1.54) is 5.56 Å². The van der Waals surface area contributed by atoms with Crippen LogP contribution in [0.1, 0.15) is 53.8 Å². The molecule has 0 saturated carbocycles. The summed E-state index contributed by atoms with van der Waals surface area (Å²) in [4.78, 5) is 19.3. The minimum absolute atomic E-state index is 0.0417. The van der Waals surface area contributed by atoms with Crippen LogP contribution in [0.4, 0.5) is 5.69 Å². The fraction of sp³-hybridized carbons (Fsp3) is 0.346. The molecule has 1 aliphatic heterocycles. The minimum Gasteiger partial charge on any atom is -0.322 e. The molecule has 9 heteroatoms.